The molecule has 0 amide bonds. The minimum absolute atomic E-state index is 0.0546. The Bertz CT molecular complexity index is 1220. The van der Waals surface area contributed by atoms with Gasteiger partial charge in [-0.2, -0.15) is 0 Å². The van der Waals surface area contributed by atoms with Crippen LogP contribution in [0.3, 0.4) is 0 Å². The van der Waals surface area contributed by atoms with Gasteiger partial charge in [0.25, 0.3) is 0 Å². The Kier molecular flexibility index (Phi) is 39.2. The smallest absolute Gasteiger partial charge is 0.462 e. The third kappa shape index (κ3) is 41.1. The van der Waals surface area contributed by atoms with E-state index in [1.165, 1.54) is 57.8 Å². The molecule has 0 aliphatic heterocycles. The topological polar surface area (TPSA) is 149 Å². The highest BCUT2D eigenvalue weighted by atomic mass is 31.2. The van der Waals surface area contributed by atoms with Gasteiger partial charge >= 0.3 is 19.8 Å². The lowest BCUT2D eigenvalue weighted by Crippen LogP contribution is -2.29. The molecule has 0 spiro atoms. The Morgan fingerprint density at radius 3 is 1.53 bits per heavy atom. The van der Waals surface area contributed by atoms with Crippen molar-refractivity contribution in [2.45, 2.75) is 167 Å². The predicted molar refractivity (Wildman–Crippen MR) is 233 cm³/mol. The zero-order valence-corrected chi connectivity index (χ0v) is 36.2. The number of carbonyl (C=O) groups excluding carboxylic acids is 2. The van der Waals surface area contributed by atoms with E-state index in [4.69, 9.17) is 19.1 Å². The zero-order chi connectivity index (χ0) is 41.9. The summed E-state index contributed by atoms with van der Waals surface area (Å²) in [5, 5.41) is 18.3. The fourth-order valence-corrected chi connectivity index (χ4v) is 6.02. The fraction of sp³-hybridized carbons (Fsp3) is 0.652. The quantitative estimate of drug-likeness (QED) is 0.0237. The summed E-state index contributed by atoms with van der Waals surface area (Å²) in [6, 6.07) is 0. The number of hydrogen-bond acceptors (Lipinski definition) is 9. The van der Waals surface area contributed by atoms with Crippen LogP contribution in [0.25, 0.3) is 0 Å². The molecule has 3 atom stereocenters. The molecule has 0 rings (SSSR count). The molecule has 0 aliphatic rings. The van der Waals surface area contributed by atoms with Crippen molar-refractivity contribution in [2.75, 3.05) is 26.4 Å². The number of aliphatic hydroxyl groups is 2. The van der Waals surface area contributed by atoms with Crippen LogP contribution in [0.5, 0.6) is 0 Å². The van der Waals surface area contributed by atoms with Crippen molar-refractivity contribution in [1.29, 1.82) is 0 Å². The van der Waals surface area contributed by atoms with Crippen LogP contribution in [0.15, 0.2) is 85.1 Å². The molecule has 0 aromatic carbocycles. The zero-order valence-electron chi connectivity index (χ0n) is 35.3. The fourth-order valence-electron chi connectivity index (χ4n) is 5.23. The molecular formula is C46H77O10P. The molecule has 11 heteroatoms. The van der Waals surface area contributed by atoms with E-state index in [1.807, 2.05) is 12.2 Å². The Hall–Kier alpha value is -2.85. The Balaban J connectivity index is 4.45. The van der Waals surface area contributed by atoms with Gasteiger partial charge in [-0.15, -0.1) is 0 Å². The van der Waals surface area contributed by atoms with Crippen LogP contribution in [0.4, 0.5) is 0 Å². The first kappa shape index (κ1) is 54.2. The standard InChI is InChI=1S/C46H77O10P/c1-3-5-7-9-11-13-15-17-19-20-21-22-24-26-28-30-32-34-36-38-46(50)56-44(42-55-57(51,52)54-40-43(48)39-47)41-53-45(49)37-35-33-31-29-27-25-23-18-16-14-12-10-8-6-4-2/h5,7,10-13,17,19,21-22,26,28,32,34,43-44,47-48H,3-4,6,8-9,14-16,18,20,23-25,27,29-31,33,35-42H2,1-2H3,(H,51,52)/b7-5+,12-10+,13-11+,19-17+,22-21+,28-26+,34-32+/t43-,44+/m0/s1. The molecule has 10 nitrogen and oxygen atoms in total. The van der Waals surface area contributed by atoms with Gasteiger partial charge in [-0.25, -0.2) is 4.57 Å². The van der Waals surface area contributed by atoms with E-state index in [9.17, 15) is 24.2 Å². The molecule has 0 saturated carbocycles. The third-order valence-electron chi connectivity index (χ3n) is 8.55. The van der Waals surface area contributed by atoms with Crippen molar-refractivity contribution >= 4 is 19.8 Å². The number of hydrogen-bond donors (Lipinski definition) is 3. The van der Waals surface area contributed by atoms with Gasteiger partial charge in [0, 0.05) is 12.8 Å². The molecule has 0 radical (unpaired) electrons. The molecule has 0 saturated heterocycles. The Morgan fingerprint density at radius 2 is 1.00 bits per heavy atom. The van der Waals surface area contributed by atoms with Gasteiger partial charge < -0.3 is 24.6 Å². The lowest BCUT2D eigenvalue weighted by molar-refractivity contribution is -0.161. The van der Waals surface area contributed by atoms with Crippen LogP contribution in [0.1, 0.15) is 155 Å². The number of aliphatic hydroxyl groups excluding tert-OH is 2. The number of ether oxygens (including phenoxy) is 2. The minimum atomic E-state index is -4.64. The maximum atomic E-state index is 12.6. The first-order valence-electron chi connectivity index (χ1n) is 21.5. The van der Waals surface area contributed by atoms with E-state index in [-0.39, 0.29) is 19.4 Å². The maximum absolute atomic E-state index is 12.6. The summed E-state index contributed by atoms with van der Waals surface area (Å²) in [7, 11) is -4.64. The van der Waals surface area contributed by atoms with E-state index in [1.54, 1.807) is 0 Å². The van der Waals surface area contributed by atoms with E-state index in [0.717, 1.165) is 57.8 Å². The van der Waals surface area contributed by atoms with Gasteiger partial charge in [-0.3, -0.25) is 18.6 Å². The summed E-state index contributed by atoms with van der Waals surface area (Å²) in [6.45, 7) is 2.13. The first-order valence-corrected chi connectivity index (χ1v) is 23.0. The normalized spacial score (nSPS) is 14.7. The highest BCUT2D eigenvalue weighted by Crippen LogP contribution is 2.43. The summed E-state index contributed by atoms with van der Waals surface area (Å²) in [5.74, 6) is -1.03. The van der Waals surface area contributed by atoms with Gasteiger partial charge in [-0.05, 0) is 70.6 Å². The summed E-state index contributed by atoms with van der Waals surface area (Å²) in [4.78, 5) is 34.9. The first-order chi connectivity index (χ1) is 27.7. The monoisotopic (exact) mass is 821 g/mol. The molecule has 57 heavy (non-hydrogen) atoms. The lowest BCUT2D eigenvalue weighted by atomic mass is 10.1. The number of phosphoric ester groups is 1. The van der Waals surface area contributed by atoms with Crippen molar-refractivity contribution in [1.82, 2.24) is 0 Å². The van der Waals surface area contributed by atoms with E-state index in [2.05, 4.69) is 91.3 Å². The van der Waals surface area contributed by atoms with Crippen LogP contribution >= 0.6 is 7.82 Å². The van der Waals surface area contributed by atoms with Crippen molar-refractivity contribution in [3.8, 4) is 0 Å². The van der Waals surface area contributed by atoms with Crippen molar-refractivity contribution in [3.63, 3.8) is 0 Å². The second-order valence-electron chi connectivity index (χ2n) is 14.0. The molecule has 0 fully saturated rings. The Morgan fingerprint density at radius 1 is 0.544 bits per heavy atom. The van der Waals surface area contributed by atoms with Gasteiger partial charge in [0.15, 0.2) is 6.10 Å². The highest BCUT2D eigenvalue weighted by Gasteiger charge is 2.27. The van der Waals surface area contributed by atoms with Crippen molar-refractivity contribution < 1.29 is 47.8 Å². The number of unbranched alkanes of at least 4 members (excludes halogenated alkanes) is 11. The highest BCUT2D eigenvalue weighted by molar-refractivity contribution is 7.47. The number of carbonyl (C=O) groups is 2. The molecule has 0 aromatic heterocycles. The Labute approximate surface area is 345 Å². The lowest BCUT2D eigenvalue weighted by Gasteiger charge is -2.20. The molecule has 3 N–H and O–H groups in total. The SMILES string of the molecule is CC/C=C/C/C=C/C/C=C/C/C=C/C/C=C/C/C=C/CCC(=O)O[C@H](COC(=O)CCCCCCCCCCC/C=C/CCCC)COP(=O)(O)OC[C@@H](O)CO. The molecular weight excluding hydrogens is 743 g/mol. The van der Waals surface area contributed by atoms with Crippen molar-refractivity contribution in [3.05, 3.63) is 85.1 Å². The van der Waals surface area contributed by atoms with Crippen LogP contribution in [0.2, 0.25) is 0 Å². The number of rotatable bonds is 39. The van der Waals surface area contributed by atoms with Crippen molar-refractivity contribution in [2.24, 2.45) is 0 Å². The van der Waals surface area contributed by atoms with Crippen LogP contribution in [0, 0.1) is 0 Å². The largest absolute Gasteiger partial charge is 0.472 e. The van der Waals surface area contributed by atoms with Gasteiger partial charge in [0.2, 0.25) is 0 Å². The second kappa shape index (κ2) is 41.3. The molecule has 0 aromatic rings. The molecule has 1 unspecified atom stereocenters. The van der Waals surface area contributed by atoms with E-state index in [0.29, 0.717) is 12.8 Å². The number of allylic oxidation sites excluding steroid dienone is 14. The van der Waals surface area contributed by atoms with Crippen LogP contribution in [-0.4, -0.2) is 65.7 Å². The van der Waals surface area contributed by atoms with Crippen LogP contribution in [-0.2, 0) is 32.7 Å². The summed E-state index contributed by atoms with van der Waals surface area (Å²) in [5.41, 5.74) is 0. The van der Waals surface area contributed by atoms with E-state index >= 15 is 0 Å². The molecule has 0 heterocycles. The summed E-state index contributed by atoms with van der Waals surface area (Å²) < 4.78 is 32.6. The summed E-state index contributed by atoms with van der Waals surface area (Å²) in [6.07, 6.45) is 48.5. The summed E-state index contributed by atoms with van der Waals surface area (Å²) >= 11 is 0. The average Bonchev–Trinajstić information content (AvgIpc) is 3.20. The number of esters is 2. The average molecular weight is 821 g/mol. The molecule has 0 bridgehead atoms. The molecule has 326 valence electrons. The van der Waals surface area contributed by atoms with E-state index < -0.39 is 51.8 Å². The van der Waals surface area contributed by atoms with Gasteiger partial charge in [0.1, 0.15) is 12.7 Å². The number of phosphoric acid groups is 1. The van der Waals surface area contributed by atoms with Gasteiger partial charge in [-0.1, -0.05) is 157 Å². The van der Waals surface area contributed by atoms with Crippen LogP contribution < -0.4 is 0 Å². The maximum Gasteiger partial charge on any atom is 0.472 e. The second-order valence-corrected chi connectivity index (χ2v) is 15.4. The third-order valence-corrected chi connectivity index (χ3v) is 9.50. The minimum Gasteiger partial charge on any atom is -0.462 e. The molecule has 0 aliphatic carbocycles. The van der Waals surface area contributed by atoms with Gasteiger partial charge in [0.05, 0.1) is 19.8 Å². The predicted octanol–water partition coefficient (Wildman–Crippen LogP) is 11.4.